The maximum atomic E-state index is 5.31. The van der Waals surface area contributed by atoms with Crippen LogP contribution in [-0.4, -0.2) is 74.7 Å². The lowest BCUT2D eigenvalue weighted by atomic mass is 9.42. The number of fused-ring (bicyclic) bond motifs is 18. The van der Waals surface area contributed by atoms with Crippen LogP contribution in [0.2, 0.25) is 0 Å². The maximum absolute atomic E-state index is 5.31. The van der Waals surface area contributed by atoms with Crippen molar-refractivity contribution >= 4 is 89.3 Å². The Morgan fingerprint density at radius 3 is 1.55 bits per heavy atom. The largest absolute Gasteiger partial charge is 0.423 e. The molecule has 0 amide bonds. The molecule has 260 valence electrons. The first-order chi connectivity index (χ1) is 27.8. The number of rotatable bonds is 2. The predicted octanol–water partition coefficient (Wildman–Crippen LogP) is 7.14. The Morgan fingerprint density at radius 2 is 0.911 bits per heavy atom. The summed E-state index contributed by atoms with van der Waals surface area (Å²) in [5.74, 6) is 11.0. The van der Waals surface area contributed by atoms with Gasteiger partial charge in [0.25, 0.3) is 0 Å². The molecular weight excluding hydrogens is 688 g/mol. The van der Waals surface area contributed by atoms with Crippen LogP contribution in [0.3, 0.4) is 0 Å². The highest BCUT2D eigenvalue weighted by Gasteiger charge is 2.50. The highest BCUT2D eigenvalue weighted by Crippen LogP contribution is 2.36. The number of nitrogens with zero attached hydrogens (tertiary/aromatic N) is 10. The van der Waals surface area contributed by atoms with Gasteiger partial charge >= 0.3 is 27.9 Å². The lowest BCUT2D eigenvalue weighted by Crippen LogP contribution is -2.73. The number of benzene rings is 4. The van der Waals surface area contributed by atoms with Crippen molar-refractivity contribution in [2.75, 3.05) is 0 Å². The van der Waals surface area contributed by atoms with Gasteiger partial charge in [-0.15, -0.1) is 0 Å². The third kappa shape index (κ3) is 3.99. The summed E-state index contributed by atoms with van der Waals surface area (Å²) in [6.07, 6.45) is 24.2. The summed E-state index contributed by atoms with van der Waals surface area (Å²) in [5, 5.41) is 0. The molecule has 0 saturated carbocycles. The van der Waals surface area contributed by atoms with Gasteiger partial charge < -0.3 is 18.9 Å². The molecular formula is C42H30B4N10. The van der Waals surface area contributed by atoms with E-state index in [9.17, 15) is 0 Å². The van der Waals surface area contributed by atoms with E-state index in [1.807, 2.05) is 0 Å². The molecule has 5 aliphatic rings. The molecule has 56 heavy (non-hydrogen) atoms. The summed E-state index contributed by atoms with van der Waals surface area (Å²) >= 11 is 0. The monoisotopic (exact) mass is 718 g/mol. The first kappa shape index (κ1) is 30.2. The van der Waals surface area contributed by atoms with E-state index in [1.165, 1.54) is 0 Å². The highest BCUT2D eigenvalue weighted by molar-refractivity contribution is 6.92. The van der Waals surface area contributed by atoms with E-state index in [-0.39, 0.29) is 27.9 Å². The van der Waals surface area contributed by atoms with Crippen molar-refractivity contribution < 1.29 is 0 Å². The van der Waals surface area contributed by atoms with Crippen LogP contribution in [0.25, 0.3) is 67.1 Å². The Bertz CT molecular complexity index is 3220. The van der Waals surface area contributed by atoms with Crippen LogP contribution in [0, 0.1) is 0 Å². The second-order valence-electron chi connectivity index (χ2n) is 14.8. The first-order valence-electron chi connectivity index (χ1n) is 19.1. The van der Waals surface area contributed by atoms with Crippen LogP contribution < -0.4 is 0 Å². The Kier molecular flexibility index (Phi) is 6.02. The average Bonchev–Trinajstić information content (AvgIpc) is 3.99. The zero-order valence-corrected chi connectivity index (χ0v) is 30.1. The summed E-state index contributed by atoms with van der Waals surface area (Å²) in [4.78, 5) is 10.5. The van der Waals surface area contributed by atoms with Gasteiger partial charge in [0.2, 0.25) is 11.6 Å². The Labute approximate surface area is 323 Å². The van der Waals surface area contributed by atoms with Crippen LogP contribution in [0.5, 0.6) is 0 Å². The summed E-state index contributed by atoms with van der Waals surface area (Å²) in [6.45, 7) is 0.00779. The standard InChI is InChI=1S/C42H30B4N10/c1-3-15-35-33(13-1)47-41-53(37-17-5-6-18-38(37)55(35)41)31-19-20-39-40(29-31)56-36-16-4-2-14-34(36)48-42(56)54(39)32-21-25-46-51-28-11-8-23-44(51)49-26-10-7-22-43(49)50-27-12-9-24-45(50)52(46)30-32/h1-30H. The highest BCUT2D eigenvalue weighted by atomic mass is 15.3. The maximum Gasteiger partial charge on any atom is 0.380 e. The predicted molar refractivity (Wildman–Crippen MR) is 230 cm³/mol. The van der Waals surface area contributed by atoms with Crippen LogP contribution >= 0.6 is 0 Å². The third-order valence-electron chi connectivity index (χ3n) is 11.9. The number of hydrogen-bond acceptors (Lipinski definition) is 6. The van der Waals surface area contributed by atoms with Crippen LogP contribution in [0.1, 0.15) is 0 Å². The van der Waals surface area contributed by atoms with Crippen molar-refractivity contribution in [2.45, 2.75) is 0 Å². The zero-order chi connectivity index (χ0) is 36.5. The van der Waals surface area contributed by atoms with Crippen molar-refractivity contribution in [1.82, 2.24) is 46.8 Å². The second-order valence-corrected chi connectivity index (χ2v) is 14.8. The van der Waals surface area contributed by atoms with Crippen molar-refractivity contribution in [3.8, 4) is 5.69 Å². The van der Waals surface area contributed by atoms with E-state index in [2.05, 4.69) is 219 Å². The Balaban J connectivity index is 1.03. The van der Waals surface area contributed by atoms with Crippen molar-refractivity contribution in [3.05, 3.63) is 182 Å². The van der Waals surface area contributed by atoms with E-state index >= 15 is 0 Å². The first-order valence-corrected chi connectivity index (χ1v) is 19.1. The van der Waals surface area contributed by atoms with Gasteiger partial charge in [0.15, 0.2) is 0 Å². The smallest absolute Gasteiger partial charge is 0.380 e. The van der Waals surface area contributed by atoms with Crippen molar-refractivity contribution in [2.24, 2.45) is 0 Å². The number of imidazole rings is 4. The fourth-order valence-corrected chi connectivity index (χ4v) is 9.56. The topological polar surface area (TPSA) is 57.4 Å². The molecule has 1 fully saturated rings. The van der Waals surface area contributed by atoms with E-state index < -0.39 is 0 Å². The minimum atomic E-state index is -0.0355. The number of hydrogen-bond donors (Lipinski definition) is 0. The summed E-state index contributed by atoms with van der Waals surface area (Å²) in [5.41, 5.74) is 10.6. The molecule has 0 N–H and O–H groups in total. The Morgan fingerprint density at radius 1 is 0.411 bits per heavy atom. The van der Waals surface area contributed by atoms with Crippen molar-refractivity contribution in [3.63, 3.8) is 0 Å². The van der Waals surface area contributed by atoms with Gasteiger partial charge in [-0.1, -0.05) is 78.5 Å². The van der Waals surface area contributed by atoms with Crippen LogP contribution in [0.15, 0.2) is 182 Å². The molecule has 14 heteroatoms. The van der Waals surface area contributed by atoms with Gasteiger partial charge in [-0.3, -0.25) is 17.9 Å². The zero-order valence-electron chi connectivity index (χ0n) is 30.1. The SMILES string of the molecule is C1=CB2N(C=C1)B1C=CC=CN1B1C=CC(n3c4ccc(-n5c6ccccc6n6c7ccccc7nc56)cc4n4c5ccccc5nc34)=CN1B1C=CC=CN21. The number of para-hydroxylation sites is 6. The molecule has 10 nitrogen and oxygen atoms in total. The quantitative estimate of drug-likeness (QED) is 0.177. The minimum Gasteiger partial charge on any atom is -0.423 e. The number of aromatic nitrogens is 6. The second kappa shape index (κ2) is 11.2. The molecule has 9 heterocycles. The normalized spacial score (nSPS) is 17.3. The molecule has 0 bridgehead atoms. The van der Waals surface area contributed by atoms with Gasteiger partial charge in [0.1, 0.15) is 0 Å². The molecule has 4 aromatic carbocycles. The lowest BCUT2D eigenvalue weighted by Gasteiger charge is -2.53. The van der Waals surface area contributed by atoms with Gasteiger partial charge in [-0.2, -0.15) is 0 Å². The fourth-order valence-electron chi connectivity index (χ4n) is 9.56. The van der Waals surface area contributed by atoms with E-state index in [4.69, 9.17) is 9.97 Å². The van der Waals surface area contributed by atoms with Gasteiger partial charge in [-0.25, -0.2) is 9.97 Å². The molecule has 0 unspecified atom stereocenters. The van der Waals surface area contributed by atoms with Crippen LogP contribution in [-0.2, 0) is 0 Å². The molecule has 0 radical (unpaired) electrons. The van der Waals surface area contributed by atoms with E-state index in [0.29, 0.717) is 0 Å². The molecule has 0 atom stereocenters. The number of allylic oxidation sites excluding steroid dienone is 8. The van der Waals surface area contributed by atoms with E-state index in [0.717, 1.165) is 67.1 Å². The molecule has 13 rings (SSSR count). The molecule has 0 spiro atoms. The lowest BCUT2D eigenvalue weighted by molar-refractivity contribution is 0.621. The Hall–Kier alpha value is -7.20. The molecule has 5 aliphatic heterocycles. The molecule has 0 aliphatic carbocycles. The summed E-state index contributed by atoms with van der Waals surface area (Å²) < 4.78 is 19.0. The summed E-state index contributed by atoms with van der Waals surface area (Å²) in [7, 11) is 0. The van der Waals surface area contributed by atoms with Gasteiger partial charge in [-0.05, 0) is 97.5 Å². The molecule has 1 saturated heterocycles. The molecule has 8 aromatic rings. The third-order valence-corrected chi connectivity index (χ3v) is 11.9. The average molecular weight is 718 g/mol. The van der Waals surface area contributed by atoms with Gasteiger partial charge in [0.05, 0.1) is 55.5 Å². The summed E-state index contributed by atoms with van der Waals surface area (Å²) in [6, 6.07) is 32.1. The molecule has 4 aromatic heterocycles. The van der Waals surface area contributed by atoms with Gasteiger partial charge in [0, 0.05) is 6.20 Å². The minimum absolute atomic E-state index is 0.0355. The van der Waals surface area contributed by atoms with Crippen molar-refractivity contribution in [1.29, 1.82) is 0 Å². The van der Waals surface area contributed by atoms with E-state index in [1.54, 1.807) is 0 Å². The fraction of sp³-hybridized carbons (Fsp3) is 0. The van der Waals surface area contributed by atoms with Crippen LogP contribution in [0.4, 0.5) is 0 Å².